The van der Waals surface area contributed by atoms with E-state index < -0.39 is 0 Å². The van der Waals surface area contributed by atoms with E-state index in [-0.39, 0.29) is 0 Å². The average molecular weight is 347 g/mol. The zero-order valence-corrected chi connectivity index (χ0v) is 14.8. The van der Waals surface area contributed by atoms with E-state index in [1.807, 2.05) is 37.6 Å². The standard InChI is InChI=1S/C17H23ClN6/c1-19-17(20-9-13-10-21-23(2)11-13)22-15-6-7-24(12-15)16-5-3-4-14(18)8-16/h3-5,8,10-11,15H,6-7,9,12H2,1-2H3,(H2,19,20,22). The molecule has 1 aromatic heterocycles. The summed E-state index contributed by atoms with van der Waals surface area (Å²) >= 11 is 6.09. The summed E-state index contributed by atoms with van der Waals surface area (Å²) in [5.74, 6) is 0.816. The van der Waals surface area contributed by atoms with Gasteiger partial charge in [0.25, 0.3) is 0 Å². The van der Waals surface area contributed by atoms with Gasteiger partial charge in [-0.05, 0) is 24.6 Å². The number of nitrogens with zero attached hydrogens (tertiary/aromatic N) is 4. The highest BCUT2D eigenvalue weighted by molar-refractivity contribution is 6.30. The van der Waals surface area contributed by atoms with Crippen LogP contribution in [0.25, 0.3) is 0 Å². The fourth-order valence-corrected chi connectivity index (χ4v) is 3.11. The van der Waals surface area contributed by atoms with Gasteiger partial charge in [-0.1, -0.05) is 17.7 Å². The van der Waals surface area contributed by atoms with Crippen molar-refractivity contribution in [3.8, 4) is 0 Å². The summed E-state index contributed by atoms with van der Waals surface area (Å²) in [5, 5.41) is 11.8. The molecule has 2 aromatic rings. The molecule has 0 aliphatic carbocycles. The van der Waals surface area contributed by atoms with Gasteiger partial charge in [-0.25, -0.2) is 0 Å². The van der Waals surface area contributed by atoms with Gasteiger partial charge in [0.2, 0.25) is 0 Å². The minimum Gasteiger partial charge on any atom is -0.369 e. The fourth-order valence-electron chi connectivity index (χ4n) is 2.92. The van der Waals surface area contributed by atoms with E-state index in [1.165, 1.54) is 5.69 Å². The first-order chi connectivity index (χ1) is 11.6. The lowest BCUT2D eigenvalue weighted by Gasteiger charge is -2.20. The molecule has 1 saturated heterocycles. The molecule has 6 nitrogen and oxygen atoms in total. The maximum atomic E-state index is 6.09. The second-order valence-electron chi connectivity index (χ2n) is 6.00. The summed E-state index contributed by atoms with van der Waals surface area (Å²) in [6.45, 7) is 2.66. The normalized spacial score (nSPS) is 18.0. The maximum Gasteiger partial charge on any atom is 0.191 e. The van der Waals surface area contributed by atoms with Crippen LogP contribution >= 0.6 is 11.6 Å². The Morgan fingerprint density at radius 3 is 3.04 bits per heavy atom. The van der Waals surface area contributed by atoms with Crippen LogP contribution in [0.3, 0.4) is 0 Å². The van der Waals surface area contributed by atoms with Crippen LogP contribution in [0.15, 0.2) is 41.7 Å². The van der Waals surface area contributed by atoms with Gasteiger partial charge in [0, 0.05) is 62.2 Å². The second-order valence-corrected chi connectivity index (χ2v) is 6.44. The molecule has 0 bridgehead atoms. The van der Waals surface area contributed by atoms with Gasteiger partial charge in [-0.3, -0.25) is 9.67 Å². The van der Waals surface area contributed by atoms with Crippen molar-refractivity contribution in [1.82, 2.24) is 20.4 Å². The van der Waals surface area contributed by atoms with E-state index in [0.717, 1.165) is 36.1 Å². The van der Waals surface area contributed by atoms with Crippen LogP contribution in [-0.2, 0) is 13.6 Å². The molecule has 0 saturated carbocycles. The van der Waals surface area contributed by atoms with Crippen molar-refractivity contribution < 1.29 is 0 Å². The predicted molar refractivity (Wildman–Crippen MR) is 98.6 cm³/mol. The maximum absolute atomic E-state index is 6.09. The smallest absolute Gasteiger partial charge is 0.191 e. The zero-order chi connectivity index (χ0) is 16.9. The van der Waals surface area contributed by atoms with Gasteiger partial charge in [0.05, 0.1) is 6.20 Å². The third kappa shape index (κ3) is 4.20. The van der Waals surface area contributed by atoms with Gasteiger partial charge >= 0.3 is 0 Å². The Kier molecular flexibility index (Phi) is 5.25. The Morgan fingerprint density at radius 2 is 2.33 bits per heavy atom. The first-order valence-corrected chi connectivity index (χ1v) is 8.47. The molecule has 1 unspecified atom stereocenters. The first-order valence-electron chi connectivity index (χ1n) is 8.09. The fraction of sp³-hybridized carbons (Fsp3) is 0.412. The van der Waals surface area contributed by atoms with Crippen molar-refractivity contribution in [3.63, 3.8) is 0 Å². The second kappa shape index (κ2) is 7.57. The van der Waals surface area contributed by atoms with E-state index in [4.69, 9.17) is 11.6 Å². The van der Waals surface area contributed by atoms with Gasteiger partial charge < -0.3 is 15.5 Å². The SMILES string of the molecule is CN=C(NCc1cnn(C)c1)NC1CCN(c2cccc(Cl)c2)C1. The molecule has 0 radical (unpaired) electrons. The zero-order valence-electron chi connectivity index (χ0n) is 14.0. The Hall–Kier alpha value is -2.21. The molecule has 2 N–H and O–H groups in total. The van der Waals surface area contributed by atoms with Gasteiger partial charge in [0.1, 0.15) is 0 Å². The van der Waals surface area contributed by atoms with E-state index in [9.17, 15) is 0 Å². The molecule has 2 heterocycles. The van der Waals surface area contributed by atoms with Crippen LogP contribution in [0.4, 0.5) is 5.69 Å². The molecule has 0 amide bonds. The highest BCUT2D eigenvalue weighted by Gasteiger charge is 2.23. The topological polar surface area (TPSA) is 57.5 Å². The Balaban J connectivity index is 1.52. The van der Waals surface area contributed by atoms with Gasteiger partial charge in [0.15, 0.2) is 5.96 Å². The number of nitrogens with one attached hydrogen (secondary N) is 2. The summed E-state index contributed by atoms with van der Waals surface area (Å²) in [6.07, 6.45) is 4.92. The van der Waals surface area contributed by atoms with Crippen LogP contribution in [0.5, 0.6) is 0 Å². The average Bonchev–Trinajstić information content (AvgIpc) is 3.20. The van der Waals surface area contributed by atoms with Crippen molar-refractivity contribution in [2.75, 3.05) is 25.0 Å². The molecule has 1 aromatic carbocycles. The van der Waals surface area contributed by atoms with Crippen molar-refractivity contribution in [2.24, 2.45) is 12.0 Å². The molecule has 1 fully saturated rings. The highest BCUT2D eigenvalue weighted by Crippen LogP contribution is 2.23. The number of halogens is 1. The monoisotopic (exact) mass is 346 g/mol. The number of benzene rings is 1. The Labute approximate surface area is 147 Å². The number of hydrogen-bond donors (Lipinski definition) is 2. The molecule has 128 valence electrons. The van der Waals surface area contributed by atoms with E-state index in [1.54, 1.807) is 11.7 Å². The van der Waals surface area contributed by atoms with Crippen molar-refractivity contribution in [1.29, 1.82) is 0 Å². The minimum atomic E-state index is 0.365. The lowest BCUT2D eigenvalue weighted by molar-refractivity contribution is 0.648. The van der Waals surface area contributed by atoms with Crippen molar-refractivity contribution >= 4 is 23.2 Å². The molecule has 1 aliphatic rings. The minimum absolute atomic E-state index is 0.365. The number of hydrogen-bond acceptors (Lipinski definition) is 3. The van der Waals surface area contributed by atoms with Crippen molar-refractivity contribution in [3.05, 3.63) is 47.2 Å². The molecular formula is C17H23ClN6. The number of anilines is 1. The molecule has 1 aliphatic heterocycles. The number of aromatic nitrogens is 2. The molecule has 0 spiro atoms. The lowest BCUT2D eigenvalue weighted by atomic mass is 10.2. The summed E-state index contributed by atoms with van der Waals surface area (Å²) in [6, 6.07) is 8.38. The van der Waals surface area contributed by atoms with Crippen LogP contribution in [0, 0.1) is 0 Å². The summed E-state index contributed by atoms with van der Waals surface area (Å²) in [5.41, 5.74) is 2.30. The highest BCUT2D eigenvalue weighted by atomic mass is 35.5. The number of aryl methyl sites for hydroxylation is 1. The Bertz CT molecular complexity index is 711. The number of aliphatic imine (C=N–C) groups is 1. The number of rotatable bonds is 4. The third-order valence-electron chi connectivity index (χ3n) is 4.14. The first kappa shape index (κ1) is 16.6. The summed E-state index contributed by atoms with van der Waals surface area (Å²) in [7, 11) is 3.71. The largest absolute Gasteiger partial charge is 0.369 e. The third-order valence-corrected chi connectivity index (χ3v) is 4.38. The van der Waals surface area contributed by atoms with Gasteiger partial charge in [-0.2, -0.15) is 5.10 Å². The summed E-state index contributed by atoms with van der Waals surface area (Å²) in [4.78, 5) is 6.66. The van der Waals surface area contributed by atoms with E-state index >= 15 is 0 Å². The van der Waals surface area contributed by atoms with Crippen LogP contribution < -0.4 is 15.5 Å². The molecule has 24 heavy (non-hydrogen) atoms. The molecule has 3 rings (SSSR count). The lowest BCUT2D eigenvalue weighted by Crippen LogP contribution is -2.44. The van der Waals surface area contributed by atoms with Gasteiger partial charge in [-0.15, -0.1) is 0 Å². The van der Waals surface area contributed by atoms with E-state index in [2.05, 4.69) is 31.7 Å². The van der Waals surface area contributed by atoms with Crippen LogP contribution in [-0.4, -0.2) is 41.9 Å². The van der Waals surface area contributed by atoms with Crippen molar-refractivity contribution in [2.45, 2.75) is 19.0 Å². The Morgan fingerprint density at radius 1 is 1.46 bits per heavy atom. The predicted octanol–water partition coefficient (Wildman–Crippen LogP) is 2.02. The molecule has 1 atom stereocenters. The molecular weight excluding hydrogens is 324 g/mol. The van der Waals surface area contributed by atoms with Crippen LogP contribution in [0.2, 0.25) is 5.02 Å². The quantitative estimate of drug-likeness (QED) is 0.657. The number of guanidine groups is 1. The van der Waals surface area contributed by atoms with E-state index in [0.29, 0.717) is 12.6 Å². The van der Waals surface area contributed by atoms with Crippen LogP contribution in [0.1, 0.15) is 12.0 Å². The molecule has 7 heteroatoms. The summed E-state index contributed by atoms with van der Waals surface area (Å²) < 4.78 is 1.80.